The first-order valence-electron chi connectivity index (χ1n) is 6.48. The van der Waals surface area contributed by atoms with Gasteiger partial charge in [0.2, 0.25) is 0 Å². The lowest BCUT2D eigenvalue weighted by Gasteiger charge is -2.33. The molecule has 1 aliphatic rings. The zero-order valence-corrected chi connectivity index (χ0v) is 10.8. The van der Waals surface area contributed by atoms with Crippen LogP contribution in [0.15, 0.2) is 0 Å². The minimum Gasteiger partial charge on any atom is -0.480 e. The van der Waals surface area contributed by atoms with Gasteiger partial charge in [-0.05, 0) is 19.8 Å². The number of rotatable bonds is 6. The zero-order valence-electron chi connectivity index (χ0n) is 10.8. The fourth-order valence-corrected chi connectivity index (χ4v) is 2.42. The summed E-state index contributed by atoms with van der Waals surface area (Å²) < 4.78 is 0. The van der Waals surface area contributed by atoms with Gasteiger partial charge in [-0.25, -0.2) is 4.79 Å². The summed E-state index contributed by atoms with van der Waals surface area (Å²) in [6, 6.07) is -0.131. The van der Waals surface area contributed by atoms with E-state index in [2.05, 4.69) is 0 Å². The molecule has 1 saturated carbocycles. The molecule has 0 unspecified atom stereocenters. The zero-order chi connectivity index (χ0) is 13.5. The Hall–Kier alpha value is -1.30. The van der Waals surface area contributed by atoms with Crippen LogP contribution in [0.2, 0.25) is 0 Å². The van der Waals surface area contributed by atoms with Gasteiger partial charge in [-0.1, -0.05) is 12.8 Å². The van der Waals surface area contributed by atoms with Crippen LogP contribution in [0.25, 0.3) is 0 Å². The van der Waals surface area contributed by atoms with Gasteiger partial charge in [0.1, 0.15) is 6.54 Å². The summed E-state index contributed by atoms with van der Waals surface area (Å²) >= 11 is 0. The number of hydrogen-bond acceptors (Lipinski definition) is 3. The third-order valence-electron chi connectivity index (χ3n) is 3.33. The highest BCUT2D eigenvalue weighted by atomic mass is 16.4. The Morgan fingerprint density at radius 3 is 2.33 bits per heavy atom. The number of hydrogen-bond donors (Lipinski definition) is 2. The molecule has 1 fully saturated rings. The summed E-state index contributed by atoms with van der Waals surface area (Å²) in [4.78, 5) is 25.9. The fourth-order valence-electron chi connectivity index (χ4n) is 2.42. The number of carbonyl (C=O) groups excluding carboxylic acids is 1. The molecule has 0 spiro atoms. The summed E-state index contributed by atoms with van der Waals surface area (Å²) in [5.41, 5.74) is 0. The molecule has 18 heavy (non-hydrogen) atoms. The van der Waals surface area contributed by atoms with Crippen molar-refractivity contribution in [2.24, 2.45) is 0 Å². The molecule has 0 bridgehead atoms. The van der Waals surface area contributed by atoms with Crippen LogP contribution in [-0.2, 0) is 4.79 Å². The maximum Gasteiger partial charge on any atom is 0.323 e. The lowest BCUT2D eigenvalue weighted by atomic mass is 10.2. The number of likely N-dealkylation sites (N-methyl/N-ethyl adjacent to an activating group) is 1. The first-order valence-corrected chi connectivity index (χ1v) is 6.48. The normalized spacial score (nSPS) is 15.7. The predicted molar refractivity (Wildman–Crippen MR) is 66.3 cm³/mol. The Kier molecular flexibility index (Phi) is 5.91. The van der Waals surface area contributed by atoms with E-state index < -0.39 is 5.97 Å². The van der Waals surface area contributed by atoms with Crippen molar-refractivity contribution in [3.05, 3.63) is 0 Å². The molecular formula is C12H22N2O4. The minimum atomic E-state index is -1.01. The molecule has 0 aliphatic heterocycles. The van der Waals surface area contributed by atoms with Crippen molar-refractivity contribution in [2.75, 3.05) is 26.2 Å². The molecule has 0 radical (unpaired) electrons. The number of amides is 2. The van der Waals surface area contributed by atoms with Gasteiger partial charge >= 0.3 is 12.0 Å². The molecule has 1 aliphatic carbocycles. The minimum absolute atomic E-state index is 0.0904. The largest absolute Gasteiger partial charge is 0.480 e. The van der Waals surface area contributed by atoms with E-state index in [4.69, 9.17) is 10.2 Å². The number of urea groups is 1. The van der Waals surface area contributed by atoms with Crippen LogP contribution in [0.3, 0.4) is 0 Å². The Balaban J connectivity index is 2.69. The van der Waals surface area contributed by atoms with E-state index in [1.54, 1.807) is 11.8 Å². The van der Waals surface area contributed by atoms with E-state index >= 15 is 0 Å². The molecule has 0 aromatic rings. The number of aliphatic hydroxyl groups excluding tert-OH is 1. The monoisotopic (exact) mass is 258 g/mol. The van der Waals surface area contributed by atoms with Crippen LogP contribution >= 0.6 is 0 Å². The molecule has 0 heterocycles. The van der Waals surface area contributed by atoms with Crippen LogP contribution < -0.4 is 0 Å². The maximum atomic E-state index is 12.3. The molecule has 2 N–H and O–H groups in total. The molecule has 6 heteroatoms. The highest BCUT2D eigenvalue weighted by molar-refractivity contribution is 5.80. The number of carboxylic acids is 1. The molecule has 104 valence electrons. The average molecular weight is 258 g/mol. The van der Waals surface area contributed by atoms with E-state index in [0.29, 0.717) is 6.54 Å². The van der Waals surface area contributed by atoms with Gasteiger partial charge in [0, 0.05) is 19.1 Å². The number of aliphatic carboxylic acids is 1. The fraction of sp³-hybridized carbons (Fsp3) is 0.833. The van der Waals surface area contributed by atoms with Gasteiger partial charge in [-0.3, -0.25) is 4.79 Å². The maximum absolute atomic E-state index is 12.3. The van der Waals surface area contributed by atoms with Gasteiger partial charge in [0.15, 0.2) is 0 Å². The van der Waals surface area contributed by atoms with Gasteiger partial charge in [-0.2, -0.15) is 0 Å². The molecule has 0 aromatic heterocycles. The van der Waals surface area contributed by atoms with E-state index in [1.165, 1.54) is 4.90 Å². The van der Waals surface area contributed by atoms with E-state index in [-0.39, 0.29) is 31.8 Å². The number of nitrogens with zero attached hydrogens (tertiary/aromatic N) is 2. The molecule has 0 atom stereocenters. The SMILES string of the molecule is CCN(CC(=O)O)C(=O)N(CCO)C1CCCC1. The van der Waals surface area contributed by atoms with Crippen molar-refractivity contribution in [1.82, 2.24) is 9.80 Å². The lowest BCUT2D eigenvalue weighted by molar-refractivity contribution is -0.137. The Morgan fingerprint density at radius 2 is 1.89 bits per heavy atom. The van der Waals surface area contributed by atoms with Crippen LogP contribution in [0.5, 0.6) is 0 Å². The first-order chi connectivity index (χ1) is 8.60. The first kappa shape index (κ1) is 14.8. The second-order valence-electron chi connectivity index (χ2n) is 4.55. The van der Waals surface area contributed by atoms with Crippen molar-refractivity contribution in [3.63, 3.8) is 0 Å². The number of aliphatic hydroxyl groups is 1. The van der Waals surface area contributed by atoms with Crippen molar-refractivity contribution in [1.29, 1.82) is 0 Å². The highest BCUT2D eigenvalue weighted by Crippen LogP contribution is 2.24. The number of carbonyl (C=O) groups is 2. The van der Waals surface area contributed by atoms with E-state index in [1.807, 2.05) is 0 Å². The van der Waals surface area contributed by atoms with Gasteiger partial charge in [0.25, 0.3) is 0 Å². The highest BCUT2D eigenvalue weighted by Gasteiger charge is 2.29. The quantitative estimate of drug-likeness (QED) is 0.736. The molecular weight excluding hydrogens is 236 g/mol. The summed E-state index contributed by atoms with van der Waals surface area (Å²) in [5, 5.41) is 17.8. The van der Waals surface area contributed by atoms with Crippen molar-refractivity contribution < 1.29 is 19.8 Å². The van der Waals surface area contributed by atoms with E-state index in [0.717, 1.165) is 25.7 Å². The Bertz CT molecular complexity index is 290. The molecule has 6 nitrogen and oxygen atoms in total. The molecule has 0 aromatic carbocycles. The second kappa shape index (κ2) is 7.20. The van der Waals surface area contributed by atoms with Crippen LogP contribution in [0, 0.1) is 0 Å². The standard InChI is InChI=1S/C12H22N2O4/c1-2-13(9-11(16)17)12(18)14(7-8-15)10-5-3-4-6-10/h10,15H,2-9H2,1H3,(H,16,17). The summed E-state index contributed by atoms with van der Waals surface area (Å²) in [6.45, 7) is 2.02. The Morgan fingerprint density at radius 1 is 1.28 bits per heavy atom. The van der Waals surface area contributed by atoms with Gasteiger partial charge in [-0.15, -0.1) is 0 Å². The molecule has 1 rings (SSSR count). The summed E-state index contributed by atoms with van der Waals surface area (Å²) in [6.07, 6.45) is 4.06. The van der Waals surface area contributed by atoms with Crippen molar-refractivity contribution in [3.8, 4) is 0 Å². The van der Waals surface area contributed by atoms with Crippen molar-refractivity contribution in [2.45, 2.75) is 38.6 Å². The predicted octanol–water partition coefficient (Wildman–Crippen LogP) is 0.750. The third-order valence-corrected chi connectivity index (χ3v) is 3.33. The average Bonchev–Trinajstić information content (AvgIpc) is 2.85. The topological polar surface area (TPSA) is 81.1 Å². The smallest absolute Gasteiger partial charge is 0.323 e. The summed E-state index contributed by atoms with van der Waals surface area (Å²) in [5.74, 6) is -1.01. The lowest BCUT2D eigenvalue weighted by Crippen LogP contribution is -2.49. The third kappa shape index (κ3) is 3.87. The summed E-state index contributed by atoms with van der Waals surface area (Å²) in [7, 11) is 0. The second-order valence-corrected chi connectivity index (χ2v) is 4.55. The van der Waals surface area contributed by atoms with Crippen molar-refractivity contribution >= 4 is 12.0 Å². The van der Waals surface area contributed by atoms with Crippen LogP contribution in [0.1, 0.15) is 32.6 Å². The molecule has 2 amide bonds. The molecule has 0 saturated heterocycles. The van der Waals surface area contributed by atoms with Crippen LogP contribution in [0.4, 0.5) is 4.79 Å². The number of carboxylic acid groups (broad SMARTS) is 1. The van der Waals surface area contributed by atoms with Gasteiger partial charge < -0.3 is 20.0 Å². The Labute approximate surface area is 107 Å². The van der Waals surface area contributed by atoms with E-state index in [9.17, 15) is 9.59 Å². The van der Waals surface area contributed by atoms with Crippen LogP contribution in [-0.4, -0.2) is 64.3 Å². The van der Waals surface area contributed by atoms with Gasteiger partial charge in [0.05, 0.1) is 6.61 Å².